The van der Waals surface area contributed by atoms with Crippen LogP contribution in [0.5, 0.6) is 0 Å². The molecule has 0 spiro atoms. The molecule has 0 aromatic carbocycles. The first-order valence-corrected chi connectivity index (χ1v) is 8.06. The second kappa shape index (κ2) is 6.46. The maximum Gasteiger partial charge on any atom is 0.230 e. The van der Waals surface area contributed by atoms with Crippen molar-refractivity contribution < 1.29 is 4.79 Å². The van der Waals surface area contributed by atoms with Crippen molar-refractivity contribution in [2.75, 3.05) is 5.75 Å². The summed E-state index contributed by atoms with van der Waals surface area (Å²) in [5, 5.41) is 3.99. The molecule has 1 aliphatic rings. The molecule has 1 fully saturated rings. The van der Waals surface area contributed by atoms with Crippen LogP contribution in [0.15, 0.2) is 5.16 Å². The highest BCUT2D eigenvalue weighted by molar-refractivity contribution is 7.99. The standard InChI is InChI=1S/C14H23N3OS/c1-4-5-8-17-11(3)10(2)15-14(17)19-9-13(18)16-12-6-7-12/h12H,4-9H2,1-3H3,(H,16,18). The van der Waals surface area contributed by atoms with Crippen LogP contribution in [-0.4, -0.2) is 27.3 Å². The lowest BCUT2D eigenvalue weighted by Gasteiger charge is -2.09. The average Bonchev–Trinajstić information content (AvgIpc) is 3.14. The van der Waals surface area contributed by atoms with Gasteiger partial charge in [-0.1, -0.05) is 25.1 Å². The molecule has 0 atom stereocenters. The van der Waals surface area contributed by atoms with Gasteiger partial charge in [0.05, 0.1) is 11.4 Å². The first-order valence-electron chi connectivity index (χ1n) is 7.07. The number of nitrogens with one attached hydrogen (secondary N) is 1. The molecule has 1 aliphatic carbocycles. The number of carbonyl (C=O) groups excluding carboxylic acids is 1. The summed E-state index contributed by atoms with van der Waals surface area (Å²) in [4.78, 5) is 16.3. The summed E-state index contributed by atoms with van der Waals surface area (Å²) in [6, 6.07) is 0.441. The number of rotatable bonds is 7. The van der Waals surface area contributed by atoms with E-state index in [1.165, 1.54) is 12.1 Å². The highest BCUT2D eigenvalue weighted by Crippen LogP contribution is 2.23. The number of nitrogens with zero attached hydrogens (tertiary/aromatic N) is 2. The molecule has 0 unspecified atom stereocenters. The number of unbranched alkanes of at least 4 members (excludes halogenated alkanes) is 1. The second-order valence-corrected chi connectivity index (χ2v) is 6.14. The van der Waals surface area contributed by atoms with E-state index in [0.717, 1.165) is 36.7 Å². The van der Waals surface area contributed by atoms with Crippen LogP contribution in [0.2, 0.25) is 0 Å². The van der Waals surface area contributed by atoms with E-state index < -0.39 is 0 Å². The number of thioether (sulfide) groups is 1. The van der Waals surface area contributed by atoms with E-state index in [2.05, 4.69) is 28.7 Å². The minimum absolute atomic E-state index is 0.132. The molecule has 2 rings (SSSR count). The minimum Gasteiger partial charge on any atom is -0.353 e. The molecule has 1 amide bonds. The fourth-order valence-electron chi connectivity index (χ4n) is 1.94. The normalized spacial score (nSPS) is 14.7. The smallest absolute Gasteiger partial charge is 0.230 e. The van der Waals surface area contributed by atoms with Gasteiger partial charge in [0.25, 0.3) is 0 Å². The third-order valence-corrected chi connectivity index (χ3v) is 4.41. The largest absolute Gasteiger partial charge is 0.353 e. The van der Waals surface area contributed by atoms with Gasteiger partial charge in [0.15, 0.2) is 5.16 Å². The lowest BCUT2D eigenvalue weighted by atomic mass is 10.3. The van der Waals surface area contributed by atoms with Gasteiger partial charge in [0, 0.05) is 18.3 Å². The van der Waals surface area contributed by atoms with E-state index in [0.29, 0.717) is 11.8 Å². The zero-order chi connectivity index (χ0) is 13.8. The van der Waals surface area contributed by atoms with Gasteiger partial charge in [-0.15, -0.1) is 0 Å². The van der Waals surface area contributed by atoms with Crippen LogP contribution in [0.1, 0.15) is 44.0 Å². The van der Waals surface area contributed by atoms with Crippen LogP contribution < -0.4 is 5.32 Å². The number of carbonyl (C=O) groups is 1. The fraction of sp³-hybridized carbons (Fsp3) is 0.714. The van der Waals surface area contributed by atoms with Crippen LogP contribution >= 0.6 is 11.8 Å². The predicted molar refractivity (Wildman–Crippen MR) is 78.5 cm³/mol. The molecular formula is C14H23N3OS. The Morgan fingerprint density at radius 2 is 2.21 bits per heavy atom. The van der Waals surface area contributed by atoms with Gasteiger partial charge in [-0.3, -0.25) is 4.79 Å². The Morgan fingerprint density at radius 3 is 2.84 bits per heavy atom. The SMILES string of the molecule is CCCCn1c(SCC(=O)NC2CC2)nc(C)c1C. The topological polar surface area (TPSA) is 46.9 Å². The first-order chi connectivity index (χ1) is 9.11. The molecule has 5 heteroatoms. The Kier molecular flexibility index (Phi) is 4.91. The fourth-order valence-corrected chi connectivity index (χ4v) is 2.87. The Morgan fingerprint density at radius 1 is 1.47 bits per heavy atom. The van der Waals surface area contributed by atoms with Crippen LogP contribution in [0.4, 0.5) is 0 Å². The molecule has 0 aliphatic heterocycles. The molecule has 1 aromatic rings. The number of imidazole rings is 1. The van der Waals surface area contributed by atoms with Crippen molar-refractivity contribution in [3.8, 4) is 0 Å². The van der Waals surface area contributed by atoms with Gasteiger partial charge in [0.1, 0.15) is 0 Å². The van der Waals surface area contributed by atoms with Crippen molar-refractivity contribution in [1.82, 2.24) is 14.9 Å². The minimum atomic E-state index is 0.132. The van der Waals surface area contributed by atoms with Crippen LogP contribution in [0.3, 0.4) is 0 Å². The summed E-state index contributed by atoms with van der Waals surface area (Å²) in [5.74, 6) is 0.603. The zero-order valence-corrected chi connectivity index (χ0v) is 12.8. The Labute approximate surface area is 119 Å². The Hall–Kier alpha value is -0.970. The van der Waals surface area contributed by atoms with Gasteiger partial charge >= 0.3 is 0 Å². The summed E-state index contributed by atoms with van der Waals surface area (Å²) in [5.41, 5.74) is 2.29. The summed E-state index contributed by atoms with van der Waals surface area (Å²) in [6.45, 7) is 7.32. The quantitative estimate of drug-likeness (QED) is 0.782. The lowest BCUT2D eigenvalue weighted by molar-refractivity contribution is -0.118. The van der Waals surface area contributed by atoms with Gasteiger partial charge < -0.3 is 9.88 Å². The van der Waals surface area contributed by atoms with E-state index in [-0.39, 0.29) is 5.91 Å². The summed E-state index contributed by atoms with van der Waals surface area (Å²) >= 11 is 1.55. The average molecular weight is 281 g/mol. The molecule has 19 heavy (non-hydrogen) atoms. The number of hydrogen-bond donors (Lipinski definition) is 1. The van der Waals surface area contributed by atoms with Crippen LogP contribution in [0.25, 0.3) is 0 Å². The Balaban J connectivity index is 1.93. The Bertz CT molecular complexity index is 452. The van der Waals surface area contributed by atoms with E-state index in [9.17, 15) is 4.79 Å². The van der Waals surface area contributed by atoms with E-state index in [1.54, 1.807) is 11.8 Å². The maximum atomic E-state index is 11.7. The third kappa shape index (κ3) is 4.00. The van der Waals surface area contributed by atoms with Crippen LogP contribution in [-0.2, 0) is 11.3 Å². The molecule has 1 heterocycles. The highest BCUT2D eigenvalue weighted by Gasteiger charge is 2.23. The predicted octanol–water partition coefficient (Wildman–Crippen LogP) is 2.67. The number of aryl methyl sites for hydroxylation is 1. The molecule has 0 radical (unpaired) electrons. The molecule has 4 nitrogen and oxygen atoms in total. The van der Waals surface area contributed by atoms with Gasteiger partial charge in [-0.2, -0.15) is 0 Å². The second-order valence-electron chi connectivity index (χ2n) is 5.20. The van der Waals surface area contributed by atoms with Crippen molar-refractivity contribution in [2.45, 2.75) is 64.2 Å². The summed E-state index contributed by atoms with van der Waals surface area (Å²) in [6.07, 6.45) is 4.60. The van der Waals surface area contributed by atoms with Crippen molar-refractivity contribution in [3.63, 3.8) is 0 Å². The highest BCUT2D eigenvalue weighted by atomic mass is 32.2. The number of hydrogen-bond acceptors (Lipinski definition) is 3. The van der Waals surface area contributed by atoms with Gasteiger partial charge in [-0.05, 0) is 33.1 Å². The lowest BCUT2D eigenvalue weighted by Crippen LogP contribution is -2.27. The maximum absolute atomic E-state index is 11.7. The molecule has 1 aromatic heterocycles. The summed E-state index contributed by atoms with van der Waals surface area (Å²) in [7, 11) is 0. The zero-order valence-electron chi connectivity index (χ0n) is 12.0. The van der Waals surface area contributed by atoms with E-state index in [1.807, 2.05) is 6.92 Å². The monoisotopic (exact) mass is 281 g/mol. The van der Waals surface area contributed by atoms with Gasteiger partial charge in [-0.25, -0.2) is 4.98 Å². The molecular weight excluding hydrogens is 258 g/mol. The van der Waals surface area contributed by atoms with Crippen molar-refractivity contribution >= 4 is 17.7 Å². The first kappa shape index (κ1) is 14.4. The van der Waals surface area contributed by atoms with Crippen molar-refractivity contribution in [3.05, 3.63) is 11.4 Å². The molecule has 106 valence electrons. The van der Waals surface area contributed by atoms with Gasteiger partial charge in [0.2, 0.25) is 5.91 Å². The van der Waals surface area contributed by atoms with Crippen LogP contribution in [0, 0.1) is 13.8 Å². The molecule has 0 saturated heterocycles. The number of aromatic nitrogens is 2. The summed E-state index contributed by atoms with van der Waals surface area (Å²) < 4.78 is 2.24. The number of amides is 1. The van der Waals surface area contributed by atoms with E-state index >= 15 is 0 Å². The molecule has 1 saturated carbocycles. The molecule has 0 bridgehead atoms. The molecule has 1 N–H and O–H groups in total. The van der Waals surface area contributed by atoms with Crippen molar-refractivity contribution in [1.29, 1.82) is 0 Å². The third-order valence-electron chi connectivity index (χ3n) is 3.43. The van der Waals surface area contributed by atoms with Crippen molar-refractivity contribution in [2.24, 2.45) is 0 Å². The van der Waals surface area contributed by atoms with E-state index in [4.69, 9.17) is 0 Å².